The van der Waals surface area contributed by atoms with E-state index in [1.807, 2.05) is 36.4 Å². The molecule has 2 aromatic rings. The second-order valence-electron chi connectivity index (χ2n) is 7.18. The van der Waals surface area contributed by atoms with E-state index >= 15 is 0 Å². The van der Waals surface area contributed by atoms with Gasteiger partial charge in [0.25, 0.3) is 0 Å². The fraction of sp³-hybridized carbons (Fsp3) is 0.160. The maximum Gasteiger partial charge on any atom is 0.249 e. The first-order chi connectivity index (χ1) is 14.2. The smallest absolute Gasteiger partial charge is 0.249 e. The second kappa shape index (κ2) is 8.65. The third-order valence-corrected chi connectivity index (χ3v) is 5.10. The Labute approximate surface area is 170 Å². The molecule has 1 atom stereocenters. The summed E-state index contributed by atoms with van der Waals surface area (Å²) in [6.07, 6.45) is 15.7. The number of amides is 1. The van der Waals surface area contributed by atoms with Crippen molar-refractivity contribution in [1.82, 2.24) is 4.98 Å². The van der Waals surface area contributed by atoms with Crippen LogP contribution in [0.2, 0.25) is 0 Å². The number of carbonyl (C=O) groups is 2. The van der Waals surface area contributed by atoms with Crippen molar-refractivity contribution < 1.29 is 9.59 Å². The number of fused-ring (bicyclic) bond motifs is 1. The first-order valence-corrected chi connectivity index (χ1v) is 9.81. The van der Waals surface area contributed by atoms with Crippen molar-refractivity contribution in [2.45, 2.75) is 19.3 Å². The van der Waals surface area contributed by atoms with Gasteiger partial charge in [0, 0.05) is 17.8 Å². The third-order valence-electron chi connectivity index (χ3n) is 5.10. The van der Waals surface area contributed by atoms with E-state index in [-0.39, 0.29) is 17.6 Å². The van der Waals surface area contributed by atoms with Crippen LogP contribution in [0.15, 0.2) is 96.3 Å². The van der Waals surface area contributed by atoms with Gasteiger partial charge in [0.15, 0.2) is 5.78 Å². The molecule has 0 spiro atoms. The van der Waals surface area contributed by atoms with Crippen LogP contribution in [0.25, 0.3) is 0 Å². The Morgan fingerprint density at radius 2 is 1.97 bits per heavy atom. The standard InChI is InChI=1S/C25H22N2O2/c28-24(27-23-10-3-4-15-26-23)14-11-18-6-5-7-19(16-18)17-21-13-12-20-8-1-2-9-22(20)25(21)29/h1-6,8-11,14-17,19H,7,12-13H2,(H,26,27,28)/b14-11+,21-17+. The quantitative estimate of drug-likeness (QED) is 0.770. The first-order valence-electron chi connectivity index (χ1n) is 9.81. The number of rotatable bonds is 4. The fourth-order valence-corrected chi connectivity index (χ4v) is 3.67. The van der Waals surface area contributed by atoms with E-state index in [0.29, 0.717) is 5.82 Å². The van der Waals surface area contributed by atoms with Crippen molar-refractivity contribution in [2.24, 2.45) is 5.92 Å². The molecule has 0 saturated carbocycles. The Hall–Kier alpha value is -3.53. The molecule has 1 unspecified atom stereocenters. The molecule has 0 radical (unpaired) electrons. The molecular formula is C25H22N2O2. The Kier molecular flexibility index (Phi) is 5.61. The average Bonchev–Trinajstić information content (AvgIpc) is 2.75. The zero-order valence-electron chi connectivity index (χ0n) is 16.0. The molecule has 1 N–H and O–H groups in total. The molecule has 0 fully saturated rings. The van der Waals surface area contributed by atoms with Crippen LogP contribution in [0.1, 0.15) is 28.8 Å². The lowest BCUT2D eigenvalue weighted by atomic mass is 9.84. The number of hydrogen-bond donors (Lipinski definition) is 1. The van der Waals surface area contributed by atoms with E-state index in [9.17, 15) is 9.59 Å². The summed E-state index contributed by atoms with van der Waals surface area (Å²) >= 11 is 0. The maximum absolute atomic E-state index is 12.8. The molecule has 1 aromatic heterocycles. The second-order valence-corrected chi connectivity index (χ2v) is 7.18. The van der Waals surface area contributed by atoms with Gasteiger partial charge in [0.1, 0.15) is 5.82 Å². The number of nitrogens with zero attached hydrogens (tertiary/aromatic N) is 1. The van der Waals surface area contributed by atoms with E-state index in [2.05, 4.69) is 28.5 Å². The predicted octanol–water partition coefficient (Wildman–Crippen LogP) is 4.83. The lowest BCUT2D eigenvalue weighted by Gasteiger charge is -2.19. The van der Waals surface area contributed by atoms with Crippen LogP contribution in [-0.4, -0.2) is 16.7 Å². The van der Waals surface area contributed by atoms with Crippen molar-refractivity contribution in [3.05, 3.63) is 107 Å². The lowest BCUT2D eigenvalue weighted by Crippen LogP contribution is -2.15. The molecule has 4 nitrogen and oxygen atoms in total. The molecule has 4 heteroatoms. The zero-order valence-corrected chi connectivity index (χ0v) is 16.0. The number of ketones is 1. The Bertz CT molecular complexity index is 1050. The molecule has 144 valence electrons. The molecular weight excluding hydrogens is 360 g/mol. The molecule has 2 aliphatic rings. The predicted molar refractivity (Wildman–Crippen MR) is 115 cm³/mol. The Morgan fingerprint density at radius 1 is 1.10 bits per heavy atom. The van der Waals surface area contributed by atoms with Crippen LogP contribution in [0.4, 0.5) is 5.82 Å². The van der Waals surface area contributed by atoms with Crippen molar-refractivity contribution in [1.29, 1.82) is 0 Å². The number of aromatic nitrogens is 1. The maximum atomic E-state index is 12.8. The number of nitrogens with one attached hydrogen (secondary N) is 1. The highest BCUT2D eigenvalue weighted by Gasteiger charge is 2.22. The van der Waals surface area contributed by atoms with Crippen molar-refractivity contribution >= 4 is 17.5 Å². The van der Waals surface area contributed by atoms with Gasteiger partial charge in [-0.1, -0.05) is 54.6 Å². The minimum atomic E-state index is -0.224. The summed E-state index contributed by atoms with van der Waals surface area (Å²) in [6.45, 7) is 0. The van der Waals surface area contributed by atoms with Gasteiger partial charge < -0.3 is 5.32 Å². The monoisotopic (exact) mass is 382 g/mol. The van der Waals surface area contributed by atoms with Gasteiger partial charge in [-0.15, -0.1) is 0 Å². The van der Waals surface area contributed by atoms with Gasteiger partial charge in [-0.3, -0.25) is 9.59 Å². The first kappa shape index (κ1) is 18.8. The van der Waals surface area contributed by atoms with Crippen LogP contribution >= 0.6 is 0 Å². The number of pyridine rings is 1. The van der Waals surface area contributed by atoms with E-state index in [4.69, 9.17) is 0 Å². The van der Waals surface area contributed by atoms with Gasteiger partial charge in [0.05, 0.1) is 0 Å². The Morgan fingerprint density at radius 3 is 2.83 bits per heavy atom. The number of anilines is 1. The highest BCUT2D eigenvalue weighted by atomic mass is 16.1. The van der Waals surface area contributed by atoms with Crippen molar-refractivity contribution in [3.63, 3.8) is 0 Å². The van der Waals surface area contributed by atoms with Gasteiger partial charge in [-0.2, -0.15) is 0 Å². The molecule has 2 aliphatic carbocycles. The summed E-state index contributed by atoms with van der Waals surface area (Å²) in [7, 11) is 0. The largest absolute Gasteiger partial charge is 0.307 e. The van der Waals surface area contributed by atoms with Gasteiger partial charge >= 0.3 is 0 Å². The molecule has 0 saturated heterocycles. The van der Waals surface area contributed by atoms with Crippen LogP contribution in [0.5, 0.6) is 0 Å². The number of aryl methyl sites for hydroxylation is 1. The highest BCUT2D eigenvalue weighted by Crippen LogP contribution is 2.28. The molecule has 0 bridgehead atoms. The SMILES string of the molecule is O=C(/C=C/C1=CC(/C=C2\CCc3ccccc3C2=O)CC=C1)Nc1ccccn1. The summed E-state index contributed by atoms with van der Waals surface area (Å²) < 4.78 is 0. The minimum Gasteiger partial charge on any atom is -0.307 e. The number of allylic oxidation sites excluding steroid dienone is 7. The Balaban J connectivity index is 1.44. The van der Waals surface area contributed by atoms with Crippen LogP contribution in [0, 0.1) is 5.92 Å². The topological polar surface area (TPSA) is 59.1 Å². The molecule has 1 amide bonds. The summed E-state index contributed by atoms with van der Waals surface area (Å²) in [4.78, 5) is 28.9. The summed E-state index contributed by atoms with van der Waals surface area (Å²) in [5.41, 5.74) is 3.80. The molecule has 4 rings (SSSR count). The number of hydrogen-bond acceptors (Lipinski definition) is 3. The third kappa shape index (κ3) is 4.66. The average molecular weight is 382 g/mol. The summed E-state index contributed by atoms with van der Waals surface area (Å²) in [5, 5.41) is 2.73. The van der Waals surface area contributed by atoms with E-state index in [0.717, 1.165) is 41.5 Å². The fourth-order valence-electron chi connectivity index (χ4n) is 3.67. The zero-order chi connectivity index (χ0) is 20.1. The molecule has 0 aliphatic heterocycles. The lowest BCUT2D eigenvalue weighted by molar-refractivity contribution is -0.111. The summed E-state index contributed by atoms with van der Waals surface area (Å²) in [5.74, 6) is 0.593. The molecule has 29 heavy (non-hydrogen) atoms. The van der Waals surface area contributed by atoms with E-state index < -0.39 is 0 Å². The van der Waals surface area contributed by atoms with E-state index in [1.54, 1.807) is 24.4 Å². The van der Waals surface area contributed by atoms with Crippen LogP contribution in [0.3, 0.4) is 0 Å². The molecule has 1 heterocycles. The van der Waals surface area contributed by atoms with Gasteiger partial charge in [0.2, 0.25) is 5.91 Å². The van der Waals surface area contributed by atoms with Gasteiger partial charge in [-0.25, -0.2) is 4.98 Å². The number of carbonyl (C=O) groups excluding carboxylic acids is 2. The van der Waals surface area contributed by atoms with E-state index in [1.165, 1.54) is 6.08 Å². The minimum absolute atomic E-state index is 0.140. The normalized spacial score (nSPS) is 19.9. The van der Waals surface area contributed by atoms with Crippen molar-refractivity contribution in [3.8, 4) is 0 Å². The summed E-state index contributed by atoms with van der Waals surface area (Å²) in [6, 6.07) is 13.2. The molecule has 1 aromatic carbocycles. The van der Waals surface area contributed by atoms with Crippen LogP contribution < -0.4 is 5.32 Å². The highest BCUT2D eigenvalue weighted by molar-refractivity contribution is 6.10. The number of Topliss-reactive ketones (excluding diaryl/α,β-unsaturated/α-hetero) is 1. The van der Waals surface area contributed by atoms with Crippen molar-refractivity contribution in [2.75, 3.05) is 5.32 Å². The number of benzene rings is 1. The van der Waals surface area contributed by atoms with Crippen LogP contribution in [-0.2, 0) is 11.2 Å². The van der Waals surface area contributed by atoms with Gasteiger partial charge in [-0.05, 0) is 60.1 Å².